The Bertz CT molecular complexity index is 528. The van der Waals surface area contributed by atoms with E-state index >= 15 is 0 Å². The smallest absolute Gasteiger partial charge is 0.0430 e. The molecule has 19 heavy (non-hydrogen) atoms. The summed E-state index contributed by atoms with van der Waals surface area (Å²) in [5.41, 5.74) is 9.25. The van der Waals surface area contributed by atoms with Crippen LogP contribution in [0.15, 0.2) is 42.7 Å². The van der Waals surface area contributed by atoms with Crippen molar-refractivity contribution in [1.82, 2.24) is 4.98 Å². The molecule has 0 radical (unpaired) electrons. The summed E-state index contributed by atoms with van der Waals surface area (Å²) in [6.07, 6.45) is 3.62. The van der Waals surface area contributed by atoms with Gasteiger partial charge in [0.25, 0.3) is 0 Å². The number of hydrogen-bond donors (Lipinski definition) is 1. The highest BCUT2D eigenvalue weighted by atomic mass is 35.5. The molecule has 2 aromatic rings. The maximum atomic E-state index is 6.10. The number of aromatic nitrogens is 1. The first-order valence-electron chi connectivity index (χ1n) is 6.37. The van der Waals surface area contributed by atoms with Crippen LogP contribution in [0, 0.1) is 0 Å². The Hall–Kier alpha value is -1.58. The minimum atomic E-state index is 0.513. The van der Waals surface area contributed by atoms with E-state index in [0.29, 0.717) is 6.54 Å². The third kappa shape index (κ3) is 3.46. The number of halogens is 1. The fraction of sp³-hybridized carbons (Fsp3) is 0.267. The molecular weight excluding hydrogens is 258 g/mol. The second kappa shape index (κ2) is 6.55. The quantitative estimate of drug-likeness (QED) is 0.911. The molecule has 0 saturated carbocycles. The molecule has 0 aliphatic carbocycles. The maximum Gasteiger partial charge on any atom is 0.0430 e. The summed E-state index contributed by atoms with van der Waals surface area (Å²) in [5, 5.41) is 0.736. The summed E-state index contributed by atoms with van der Waals surface area (Å²) in [4.78, 5) is 6.31. The average molecular weight is 276 g/mol. The maximum absolute atomic E-state index is 6.10. The third-order valence-electron chi connectivity index (χ3n) is 3.11. The van der Waals surface area contributed by atoms with Crippen molar-refractivity contribution in [1.29, 1.82) is 0 Å². The van der Waals surface area contributed by atoms with Gasteiger partial charge >= 0.3 is 0 Å². The van der Waals surface area contributed by atoms with E-state index < -0.39 is 0 Å². The lowest BCUT2D eigenvalue weighted by molar-refractivity contribution is 0.820. The van der Waals surface area contributed by atoms with Crippen LogP contribution < -0.4 is 10.6 Å². The van der Waals surface area contributed by atoms with E-state index in [1.807, 2.05) is 42.7 Å². The summed E-state index contributed by atoms with van der Waals surface area (Å²) in [6, 6.07) is 9.90. The van der Waals surface area contributed by atoms with Crippen LogP contribution in [0.5, 0.6) is 0 Å². The molecule has 0 bridgehead atoms. The molecule has 0 spiro atoms. The average Bonchev–Trinajstić information content (AvgIpc) is 2.46. The van der Waals surface area contributed by atoms with Gasteiger partial charge in [0, 0.05) is 42.7 Å². The normalized spacial score (nSPS) is 10.5. The van der Waals surface area contributed by atoms with Crippen LogP contribution in [0.25, 0.3) is 0 Å². The van der Waals surface area contributed by atoms with Gasteiger partial charge in [0.05, 0.1) is 0 Å². The standard InChI is InChI=1S/C15H18ClN3/c1-2-19(11-12-5-7-18-8-6-12)15-9-14(16)4-3-13(15)10-17/h3-9H,2,10-11,17H2,1H3. The molecule has 1 aromatic carbocycles. The molecule has 0 saturated heterocycles. The van der Waals surface area contributed by atoms with Gasteiger partial charge in [0.1, 0.15) is 0 Å². The largest absolute Gasteiger partial charge is 0.367 e. The van der Waals surface area contributed by atoms with Gasteiger partial charge in [-0.15, -0.1) is 0 Å². The Morgan fingerprint density at radius 2 is 1.95 bits per heavy atom. The van der Waals surface area contributed by atoms with Crippen LogP contribution in [0.1, 0.15) is 18.1 Å². The Kier molecular flexibility index (Phi) is 4.77. The fourth-order valence-electron chi connectivity index (χ4n) is 2.08. The van der Waals surface area contributed by atoms with Crippen molar-refractivity contribution in [2.45, 2.75) is 20.0 Å². The fourth-order valence-corrected chi connectivity index (χ4v) is 2.25. The van der Waals surface area contributed by atoms with Crippen LogP contribution in [0.2, 0.25) is 5.02 Å². The van der Waals surface area contributed by atoms with E-state index in [0.717, 1.165) is 29.4 Å². The summed E-state index contributed by atoms with van der Waals surface area (Å²) >= 11 is 6.10. The lowest BCUT2D eigenvalue weighted by Gasteiger charge is -2.26. The number of benzene rings is 1. The lowest BCUT2D eigenvalue weighted by Crippen LogP contribution is -2.23. The van der Waals surface area contributed by atoms with Gasteiger partial charge in [-0.05, 0) is 42.3 Å². The highest BCUT2D eigenvalue weighted by Gasteiger charge is 2.10. The molecule has 0 amide bonds. The Morgan fingerprint density at radius 1 is 1.21 bits per heavy atom. The minimum absolute atomic E-state index is 0.513. The molecule has 0 aliphatic rings. The van der Waals surface area contributed by atoms with E-state index in [9.17, 15) is 0 Å². The number of hydrogen-bond acceptors (Lipinski definition) is 3. The summed E-state index contributed by atoms with van der Waals surface area (Å²) in [6.45, 7) is 4.36. The van der Waals surface area contributed by atoms with Gasteiger partial charge in [0.2, 0.25) is 0 Å². The van der Waals surface area contributed by atoms with Crippen LogP contribution in [0.3, 0.4) is 0 Å². The molecule has 0 fully saturated rings. The first kappa shape index (κ1) is 13.8. The Labute approximate surface area is 119 Å². The van der Waals surface area contributed by atoms with E-state index in [4.69, 9.17) is 17.3 Å². The highest BCUT2D eigenvalue weighted by Crippen LogP contribution is 2.26. The monoisotopic (exact) mass is 275 g/mol. The van der Waals surface area contributed by atoms with Gasteiger partial charge < -0.3 is 10.6 Å². The zero-order valence-electron chi connectivity index (χ0n) is 11.0. The van der Waals surface area contributed by atoms with Crippen molar-refractivity contribution in [2.75, 3.05) is 11.4 Å². The van der Waals surface area contributed by atoms with Crippen molar-refractivity contribution in [2.24, 2.45) is 5.73 Å². The van der Waals surface area contributed by atoms with Crippen LogP contribution in [0.4, 0.5) is 5.69 Å². The molecule has 0 atom stereocenters. The van der Waals surface area contributed by atoms with Crippen molar-refractivity contribution in [3.63, 3.8) is 0 Å². The number of rotatable bonds is 5. The molecule has 0 unspecified atom stereocenters. The van der Waals surface area contributed by atoms with Crippen molar-refractivity contribution in [3.8, 4) is 0 Å². The topological polar surface area (TPSA) is 42.2 Å². The first-order valence-corrected chi connectivity index (χ1v) is 6.74. The Balaban J connectivity index is 2.29. The summed E-state index contributed by atoms with van der Waals surface area (Å²) in [5.74, 6) is 0. The predicted octanol–water partition coefficient (Wildman–Crippen LogP) is 3.22. The van der Waals surface area contributed by atoms with Gasteiger partial charge in [-0.3, -0.25) is 4.98 Å². The third-order valence-corrected chi connectivity index (χ3v) is 3.35. The van der Waals surface area contributed by atoms with Crippen molar-refractivity contribution >= 4 is 17.3 Å². The zero-order valence-corrected chi connectivity index (χ0v) is 11.8. The van der Waals surface area contributed by atoms with E-state index in [2.05, 4.69) is 16.8 Å². The predicted molar refractivity (Wildman–Crippen MR) is 80.3 cm³/mol. The number of nitrogens with two attached hydrogens (primary N) is 1. The molecule has 2 N–H and O–H groups in total. The van der Waals surface area contributed by atoms with E-state index in [-0.39, 0.29) is 0 Å². The van der Waals surface area contributed by atoms with Gasteiger partial charge in [0.15, 0.2) is 0 Å². The summed E-state index contributed by atoms with van der Waals surface area (Å²) in [7, 11) is 0. The van der Waals surface area contributed by atoms with Crippen LogP contribution >= 0.6 is 11.6 Å². The lowest BCUT2D eigenvalue weighted by atomic mass is 10.1. The second-order valence-electron chi connectivity index (χ2n) is 4.35. The molecule has 0 aliphatic heterocycles. The molecular formula is C15H18ClN3. The summed E-state index contributed by atoms with van der Waals surface area (Å²) < 4.78 is 0. The zero-order chi connectivity index (χ0) is 13.7. The number of anilines is 1. The molecule has 3 nitrogen and oxygen atoms in total. The SMILES string of the molecule is CCN(Cc1ccncc1)c1cc(Cl)ccc1CN. The second-order valence-corrected chi connectivity index (χ2v) is 4.78. The van der Waals surface area contributed by atoms with Gasteiger partial charge in [-0.1, -0.05) is 17.7 Å². The number of nitrogens with zero attached hydrogens (tertiary/aromatic N) is 2. The van der Waals surface area contributed by atoms with Crippen LogP contribution in [-0.2, 0) is 13.1 Å². The van der Waals surface area contributed by atoms with Gasteiger partial charge in [-0.2, -0.15) is 0 Å². The number of pyridine rings is 1. The van der Waals surface area contributed by atoms with E-state index in [1.54, 1.807) is 0 Å². The molecule has 2 rings (SSSR count). The van der Waals surface area contributed by atoms with Crippen LogP contribution in [-0.4, -0.2) is 11.5 Å². The van der Waals surface area contributed by atoms with Gasteiger partial charge in [-0.25, -0.2) is 0 Å². The first-order chi connectivity index (χ1) is 9.24. The Morgan fingerprint density at radius 3 is 2.58 bits per heavy atom. The minimum Gasteiger partial charge on any atom is -0.367 e. The van der Waals surface area contributed by atoms with E-state index in [1.165, 1.54) is 5.56 Å². The molecule has 1 aromatic heterocycles. The van der Waals surface area contributed by atoms with Crippen molar-refractivity contribution < 1.29 is 0 Å². The molecule has 100 valence electrons. The van der Waals surface area contributed by atoms with Crippen molar-refractivity contribution in [3.05, 3.63) is 58.9 Å². The highest BCUT2D eigenvalue weighted by molar-refractivity contribution is 6.30. The molecule has 1 heterocycles. The molecule has 4 heteroatoms.